The predicted molar refractivity (Wildman–Crippen MR) is 71.9 cm³/mol. The molecule has 0 atom stereocenters. The number of nitrogens with one attached hydrogen (secondary N) is 1. The normalized spacial score (nSPS) is 10.2. The highest BCUT2D eigenvalue weighted by Gasteiger charge is 2.09. The molecule has 0 amide bonds. The van der Waals surface area contributed by atoms with Crippen molar-refractivity contribution in [1.82, 2.24) is 9.97 Å². The van der Waals surface area contributed by atoms with Crippen LogP contribution in [-0.2, 0) is 6.54 Å². The first kappa shape index (κ1) is 13.0. The third-order valence-corrected chi connectivity index (χ3v) is 2.64. The first-order valence-corrected chi connectivity index (χ1v) is 5.69. The van der Waals surface area contributed by atoms with Gasteiger partial charge in [-0.3, -0.25) is 10.1 Å². The SMILES string of the molecule is Nc1ccnc(CNc2ccc([N+](=O)[O-])cc2Cl)n1. The molecule has 0 fully saturated rings. The van der Waals surface area contributed by atoms with Gasteiger partial charge in [0, 0.05) is 18.3 Å². The van der Waals surface area contributed by atoms with E-state index in [4.69, 9.17) is 17.3 Å². The summed E-state index contributed by atoms with van der Waals surface area (Å²) in [6.45, 7) is 0.322. The van der Waals surface area contributed by atoms with Crippen LogP contribution < -0.4 is 11.1 Å². The molecule has 8 heteroatoms. The first-order valence-electron chi connectivity index (χ1n) is 5.31. The number of non-ortho nitro benzene ring substituents is 1. The number of nitrogen functional groups attached to an aromatic ring is 1. The highest BCUT2D eigenvalue weighted by atomic mass is 35.5. The number of nitrogens with two attached hydrogens (primary N) is 1. The minimum absolute atomic E-state index is 0.0595. The van der Waals surface area contributed by atoms with Gasteiger partial charge in [-0.25, -0.2) is 9.97 Å². The predicted octanol–water partition coefficient (Wildman–Crippen LogP) is 2.23. The Morgan fingerprint density at radius 3 is 2.84 bits per heavy atom. The third-order valence-electron chi connectivity index (χ3n) is 2.33. The second-order valence-electron chi connectivity index (χ2n) is 3.67. The van der Waals surface area contributed by atoms with Gasteiger partial charge in [0.05, 0.1) is 22.2 Å². The Hall–Kier alpha value is -2.41. The summed E-state index contributed by atoms with van der Waals surface area (Å²) in [5.41, 5.74) is 6.04. The summed E-state index contributed by atoms with van der Waals surface area (Å²) in [7, 11) is 0. The Balaban J connectivity index is 2.10. The molecule has 98 valence electrons. The van der Waals surface area contributed by atoms with Crippen molar-refractivity contribution < 1.29 is 4.92 Å². The van der Waals surface area contributed by atoms with Crippen LogP contribution in [0.3, 0.4) is 0 Å². The highest BCUT2D eigenvalue weighted by Crippen LogP contribution is 2.26. The van der Waals surface area contributed by atoms with Crippen molar-refractivity contribution in [2.24, 2.45) is 0 Å². The summed E-state index contributed by atoms with van der Waals surface area (Å²) >= 11 is 5.94. The average Bonchev–Trinajstić information content (AvgIpc) is 2.37. The van der Waals surface area contributed by atoms with Crippen LogP contribution in [-0.4, -0.2) is 14.9 Å². The number of rotatable bonds is 4. The van der Waals surface area contributed by atoms with Crippen LogP contribution in [0, 0.1) is 10.1 Å². The molecule has 1 heterocycles. The van der Waals surface area contributed by atoms with E-state index in [9.17, 15) is 10.1 Å². The molecule has 2 rings (SSSR count). The molecule has 19 heavy (non-hydrogen) atoms. The number of anilines is 2. The summed E-state index contributed by atoms with van der Waals surface area (Å²) < 4.78 is 0. The maximum Gasteiger partial charge on any atom is 0.271 e. The van der Waals surface area contributed by atoms with Crippen molar-refractivity contribution in [3.8, 4) is 0 Å². The molecule has 7 nitrogen and oxygen atoms in total. The number of aromatic nitrogens is 2. The lowest BCUT2D eigenvalue weighted by Crippen LogP contribution is -2.06. The smallest absolute Gasteiger partial charge is 0.271 e. The van der Waals surface area contributed by atoms with E-state index in [0.29, 0.717) is 23.9 Å². The number of hydrogen-bond donors (Lipinski definition) is 2. The Kier molecular flexibility index (Phi) is 3.76. The minimum Gasteiger partial charge on any atom is -0.384 e. The van der Waals surface area contributed by atoms with Crippen molar-refractivity contribution >= 4 is 28.8 Å². The van der Waals surface area contributed by atoms with Crippen LogP contribution in [0.5, 0.6) is 0 Å². The summed E-state index contributed by atoms with van der Waals surface area (Å²) in [5.74, 6) is 0.885. The maximum atomic E-state index is 10.6. The highest BCUT2D eigenvalue weighted by molar-refractivity contribution is 6.33. The Morgan fingerprint density at radius 2 is 2.21 bits per heavy atom. The quantitative estimate of drug-likeness (QED) is 0.656. The molecule has 0 aliphatic rings. The van der Waals surface area contributed by atoms with Gasteiger partial charge < -0.3 is 11.1 Å². The summed E-state index contributed by atoms with van der Waals surface area (Å²) in [5, 5.41) is 13.8. The van der Waals surface area contributed by atoms with Gasteiger partial charge in [0.15, 0.2) is 0 Å². The lowest BCUT2D eigenvalue weighted by Gasteiger charge is -2.07. The van der Waals surface area contributed by atoms with E-state index >= 15 is 0 Å². The topological polar surface area (TPSA) is 107 Å². The molecule has 2 aromatic rings. The Bertz CT molecular complexity index is 620. The summed E-state index contributed by atoms with van der Waals surface area (Å²) in [6, 6.07) is 5.77. The molecule has 0 saturated carbocycles. The van der Waals surface area contributed by atoms with Crippen LogP contribution in [0.2, 0.25) is 5.02 Å². The van der Waals surface area contributed by atoms with Crippen molar-refractivity contribution in [2.45, 2.75) is 6.54 Å². The molecular formula is C11H10ClN5O2. The fraction of sp³-hybridized carbons (Fsp3) is 0.0909. The largest absolute Gasteiger partial charge is 0.384 e. The number of hydrogen-bond acceptors (Lipinski definition) is 6. The van der Waals surface area contributed by atoms with Crippen LogP contribution in [0.25, 0.3) is 0 Å². The van der Waals surface area contributed by atoms with E-state index in [2.05, 4.69) is 15.3 Å². The lowest BCUT2D eigenvalue weighted by molar-refractivity contribution is -0.384. The van der Waals surface area contributed by atoms with E-state index < -0.39 is 4.92 Å². The van der Waals surface area contributed by atoms with E-state index in [1.807, 2.05) is 0 Å². The van der Waals surface area contributed by atoms with Gasteiger partial charge in [0.1, 0.15) is 11.6 Å². The average molecular weight is 280 g/mol. The molecule has 0 aliphatic heterocycles. The van der Waals surface area contributed by atoms with Gasteiger partial charge in [-0.2, -0.15) is 0 Å². The summed E-state index contributed by atoms with van der Waals surface area (Å²) in [6.07, 6.45) is 1.55. The van der Waals surface area contributed by atoms with Crippen LogP contribution in [0.15, 0.2) is 30.5 Å². The number of halogens is 1. The molecule has 1 aromatic carbocycles. The standard InChI is InChI=1S/C11H10ClN5O2/c12-8-5-7(17(18)19)1-2-9(8)15-6-11-14-4-3-10(13)16-11/h1-5,15H,6H2,(H2,13,14,16). The third kappa shape index (κ3) is 3.29. The van der Waals surface area contributed by atoms with Crippen LogP contribution in [0.4, 0.5) is 17.2 Å². The van der Waals surface area contributed by atoms with Crippen molar-refractivity contribution in [3.63, 3.8) is 0 Å². The van der Waals surface area contributed by atoms with E-state index in [0.717, 1.165) is 0 Å². The lowest BCUT2D eigenvalue weighted by atomic mass is 10.3. The van der Waals surface area contributed by atoms with Crippen molar-refractivity contribution in [1.29, 1.82) is 0 Å². The minimum atomic E-state index is -0.503. The molecule has 0 unspecified atom stereocenters. The molecule has 0 bridgehead atoms. The van der Waals surface area contributed by atoms with Gasteiger partial charge in [-0.1, -0.05) is 11.6 Å². The zero-order valence-corrected chi connectivity index (χ0v) is 10.5. The number of nitro groups is 1. The molecular weight excluding hydrogens is 270 g/mol. The van der Waals surface area contributed by atoms with Crippen LogP contribution in [0.1, 0.15) is 5.82 Å². The second-order valence-corrected chi connectivity index (χ2v) is 4.08. The number of benzene rings is 1. The molecule has 0 spiro atoms. The Labute approximate surface area is 113 Å². The Morgan fingerprint density at radius 1 is 1.42 bits per heavy atom. The summed E-state index contributed by atoms with van der Waals surface area (Å²) in [4.78, 5) is 18.1. The molecule has 3 N–H and O–H groups in total. The fourth-order valence-electron chi connectivity index (χ4n) is 1.44. The molecule has 1 aromatic heterocycles. The fourth-order valence-corrected chi connectivity index (χ4v) is 1.68. The second kappa shape index (κ2) is 5.49. The maximum absolute atomic E-state index is 10.6. The van der Waals surface area contributed by atoms with Gasteiger partial charge in [0.2, 0.25) is 0 Å². The molecule has 0 saturated heterocycles. The monoisotopic (exact) mass is 279 g/mol. The van der Waals surface area contributed by atoms with Gasteiger partial charge >= 0.3 is 0 Å². The first-order chi connectivity index (χ1) is 9.06. The number of nitrogens with zero attached hydrogens (tertiary/aromatic N) is 3. The number of nitro benzene ring substituents is 1. The molecule has 0 aliphatic carbocycles. The van der Waals surface area contributed by atoms with Gasteiger partial charge in [0.25, 0.3) is 5.69 Å². The van der Waals surface area contributed by atoms with E-state index in [1.165, 1.54) is 18.2 Å². The van der Waals surface area contributed by atoms with Gasteiger partial charge in [-0.05, 0) is 12.1 Å². The van der Waals surface area contributed by atoms with Crippen molar-refractivity contribution in [3.05, 3.63) is 51.4 Å². The van der Waals surface area contributed by atoms with Crippen LogP contribution >= 0.6 is 11.6 Å². The van der Waals surface area contributed by atoms with Gasteiger partial charge in [-0.15, -0.1) is 0 Å². The van der Waals surface area contributed by atoms with Crippen molar-refractivity contribution in [2.75, 3.05) is 11.1 Å². The zero-order chi connectivity index (χ0) is 13.8. The zero-order valence-electron chi connectivity index (χ0n) is 9.71. The van der Waals surface area contributed by atoms with E-state index in [-0.39, 0.29) is 10.7 Å². The molecule has 0 radical (unpaired) electrons. The van der Waals surface area contributed by atoms with E-state index in [1.54, 1.807) is 12.3 Å².